The summed E-state index contributed by atoms with van der Waals surface area (Å²) >= 11 is 3.08. The second-order valence-corrected chi connectivity index (χ2v) is 7.28. The molecule has 0 bridgehead atoms. The van der Waals surface area contributed by atoms with Crippen LogP contribution in [0.1, 0.15) is 10.4 Å². The van der Waals surface area contributed by atoms with Crippen molar-refractivity contribution < 1.29 is 4.79 Å². The van der Waals surface area contributed by atoms with Crippen LogP contribution in [0.4, 0.5) is 11.5 Å². The molecule has 0 atom stereocenters. The lowest BCUT2D eigenvalue weighted by molar-refractivity contribution is -0.115. The third kappa shape index (κ3) is 3.30. The number of hydrogen-bond donors (Lipinski definition) is 2. The topological polar surface area (TPSA) is 80.9 Å². The molecular weight excluding hydrogens is 328 g/mol. The van der Waals surface area contributed by atoms with Crippen molar-refractivity contribution in [2.75, 3.05) is 11.1 Å². The fourth-order valence-corrected chi connectivity index (χ4v) is 3.99. The van der Waals surface area contributed by atoms with Crippen molar-refractivity contribution in [1.82, 2.24) is 9.97 Å². The third-order valence-corrected chi connectivity index (χ3v) is 5.69. The maximum atomic E-state index is 11.0. The molecule has 2 heterocycles. The number of aryl methyl sites for hydroxylation is 2. The number of fused-ring (bicyclic) bond motifs is 1. The quantitative estimate of drug-likeness (QED) is 0.691. The summed E-state index contributed by atoms with van der Waals surface area (Å²) in [6.07, 6.45) is 1.57. The number of benzene rings is 1. The van der Waals surface area contributed by atoms with Gasteiger partial charge in [0.1, 0.15) is 17.0 Å². The zero-order valence-electron chi connectivity index (χ0n) is 12.8. The number of carbonyl (C=O) groups excluding carboxylic acids is 1. The summed E-state index contributed by atoms with van der Waals surface area (Å²) in [5.41, 5.74) is 7.34. The lowest BCUT2D eigenvalue weighted by atomic mass is 10.2. The summed E-state index contributed by atoms with van der Waals surface area (Å²) in [5.74, 6) is 0.691. The average molecular weight is 344 g/mol. The Morgan fingerprint density at radius 3 is 2.87 bits per heavy atom. The number of carbonyl (C=O) groups is 1. The summed E-state index contributed by atoms with van der Waals surface area (Å²) < 4.78 is 0. The van der Waals surface area contributed by atoms with Crippen LogP contribution >= 0.6 is 23.1 Å². The van der Waals surface area contributed by atoms with E-state index in [1.807, 2.05) is 24.3 Å². The summed E-state index contributed by atoms with van der Waals surface area (Å²) in [5, 5.41) is 4.42. The van der Waals surface area contributed by atoms with Crippen LogP contribution in [0.5, 0.6) is 0 Å². The van der Waals surface area contributed by atoms with E-state index < -0.39 is 0 Å². The highest BCUT2D eigenvalue weighted by Crippen LogP contribution is 2.35. The summed E-state index contributed by atoms with van der Waals surface area (Å²) in [6.45, 7) is 4.17. The van der Waals surface area contributed by atoms with E-state index in [2.05, 4.69) is 29.1 Å². The number of anilines is 2. The molecule has 0 saturated carbocycles. The maximum Gasteiger partial charge on any atom is 0.227 e. The van der Waals surface area contributed by atoms with Crippen LogP contribution in [-0.2, 0) is 4.79 Å². The molecule has 0 unspecified atom stereocenters. The smallest absolute Gasteiger partial charge is 0.227 e. The van der Waals surface area contributed by atoms with Crippen LogP contribution in [0.15, 0.2) is 35.5 Å². The predicted molar refractivity (Wildman–Crippen MR) is 96.5 cm³/mol. The third-order valence-electron chi connectivity index (χ3n) is 3.48. The van der Waals surface area contributed by atoms with Gasteiger partial charge in [-0.05, 0) is 31.5 Å². The summed E-state index contributed by atoms with van der Waals surface area (Å²) in [4.78, 5) is 22.9. The zero-order chi connectivity index (χ0) is 16.4. The largest absolute Gasteiger partial charge is 0.369 e. The molecule has 3 aromatic rings. The molecule has 0 aliphatic rings. The Morgan fingerprint density at radius 1 is 1.30 bits per heavy atom. The minimum Gasteiger partial charge on any atom is -0.369 e. The highest BCUT2D eigenvalue weighted by Gasteiger charge is 2.13. The molecule has 0 fully saturated rings. The van der Waals surface area contributed by atoms with Gasteiger partial charge in [-0.25, -0.2) is 9.97 Å². The number of aromatic nitrogens is 2. The fourth-order valence-electron chi connectivity index (χ4n) is 2.25. The van der Waals surface area contributed by atoms with Gasteiger partial charge in [-0.15, -0.1) is 23.1 Å². The molecule has 118 valence electrons. The first kappa shape index (κ1) is 15.8. The number of thioether (sulfide) groups is 1. The van der Waals surface area contributed by atoms with Crippen molar-refractivity contribution in [2.45, 2.75) is 18.7 Å². The number of rotatable bonds is 5. The molecular formula is C16H16N4OS2. The van der Waals surface area contributed by atoms with E-state index in [-0.39, 0.29) is 11.7 Å². The molecule has 5 nitrogen and oxygen atoms in total. The Kier molecular flexibility index (Phi) is 4.49. The fraction of sp³-hybridized carbons (Fsp3) is 0.188. The molecule has 0 aliphatic heterocycles. The highest BCUT2D eigenvalue weighted by atomic mass is 32.2. The second kappa shape index (κ2) is 6.55. The number of thiophene rings is 1. The van der Waals surface area contributed by atoms with E-state index in [9.17, 15) is 4.79 Å². The van der Waals surface area contributed by atoms with Crippen LogP contribution in [-0.4, -0.2) is 21.6 Å². The molecule has 1 aromatic carbocycles. The van der Waals surface area contributed by atoms with Crippen molar-refractivity contribution in [3.05, 3.63) is 41.0 Å². The molecule has 7 heteroatoms. The van der Waals surface area contributed by atoms with Gasteiger partial charge in [0.25, 0.3) is 0 Å². The summed E-state index contributed by atoms with van der Waals surface area (Å²) in [6, 6.07) is 7.80. The maximum absolute atomic E-state index is 11.0. The van der Waals surface area contributed by atoms with Crippen LogP contribution < -0.4 is 11.1 Å². The zero-order valence-corrected chi connectivity index (χ0v) is 14.4. The van der Waals surface area contributed by atoms with Gasteiger partial charge >= 0.3 is 0 Å². The normalized spacial score (nSPS) is 10.9. The van der Waals surface area contributed by atoms with E-state index in [1.54, 1.807) is 17.7 Å². The van der Waals surface area contributed by atoms with E-state index in [0.717, 1.165) is 26.6 Å². The molecule has 2 aromatic heterocycles. The van der Waals surface area contributed by atoms with Crippen LogP contribution in [0.25, 0.3) is 10.2 Å². The first-order valence-electron chi connectivity index (χ1n) is 7.04. The lowest BCUT2D eigenvalue weighted by Crippen LogP contribution is -2.13. The molecule has 0 aliphatic carbocycles. The van der Waals surface area contributed by atoms with Gasteiger partial charge in [-0.3, -0.25) is 4.79 Å². The van der Waals surface area contributed by atoms with Crippen molar-refractivity contribution in [2.24, 2.45) is 5.73 Å². The molecule has 3 N–H and O–H groups in total. The number of primary amides is 1. The number of amides is 1. The van der Waals surface area contributed by atoms with Crippen LogP contribution in [0.2, 0.25) is 0 Å². The summed E-state index contributed by atoms with van der Waals surface area (Å²) in [7, 11) is 0. The Balaban J connectivity index is 1.98. The van der Waals surface area contributed by atoms with Crippen LogP contribution in [0.3, 0.4) is 0 Å². The van der Waals surface area contributed by atoms with E-state index in [0.29, 0.717) is 0 Å². The SMILES string of the molecule is Cc1sc2ncnc(Nc3ccccc3SCC(N)=O)c2c1C. The molecule has 3 rings (SSSR count). The number of nitrogens with zero attached hydrogens (tertiary/aromatic N) is 2. The van der Waals surface area contributed by atoms with E-state index in [4.69, 9.17) is 5.73 Å². The van der Waals surface area contributed by atoms with Gasteiger partial charge < -0.3 is 11.1 Å². The van der Waals surface area contributed by atoms with Gasteiger partial charge in [0, 0.05) is 9.77 Å². The molecule has 0 spiro atoms. The lowest BCUT2D eigenvalue weighted by Gasteiger charge is -2.11. The van der Waals surface area contributed by atoms with Gasteiger partial charge in [-0.1, -0.05) is 12.1 Å². The molecule has 1 amide bonds. The first-order chi connectivity index (χ1) is 11.1. The van der Waals surface area contributed by atoms with E-state index in [1.165, 1.54) is 22.2 Å². The molecule has 0 saturated heterocycles. The monoisotopic (exact) mass is 344 g/mol. The molecule has 23 heavy (non-hydrogen) atoms. The number of hydrogen-bond acceptors (Lipinski definition) is 6. The number of nitrogens with one attached hydrogen (secondary N) is 1. The minimum atomic E-state index is -0.335. The Hall–Kier alpha value is -2.12. The Morgan fingerprint density at radius 2 is 2.09 bits per heavy atom. The minimum absolute atomic E-state index is 0.245. The van der Waals surface area contributed by atoms with Crippen LogP contribution in [0, 0.1) is 13.8 Å². The highest BCUT2D eigenvalue weighted by molar-refractivity contribution is 8.00. The van der Waals surface area contributed by atoms with E-state index >= 15 is 0 Å². The predicted octanol–water partition coefficient (Wildman–Crippen LogP) is 3.63. The molecule has 0 radical (unpaired) electrons. The standard InChI is InChI=1S/C16H16N4OS2/c1-9-10(2)23-16-14(9)15(18-8-19-16)20-11-5-3-4-6-12(11)22-7-13(17)21/h3-6,8H,7H2,1-2H3,(H2,17,21)(H,18,19,20). The number of nitrogens with two attached hydrogens (primary N) is 1. The van der Waals surface area contributed by atoms with Crippen molar-refractivity contribution in [1.29, 1.82) is 0 Å². The number of para-hydroxylation sites is 1. The van der Waals surface area contributed by atoms with Crippen molar-refractivity contribution >= 4 is 50.7 Å². The van der Waals surface area contributed by atoms with Crippen molar-refractivity contribution in [3.63, 3.8) is 0 Å². The second-order valence-electron chi connectivity index (χ2n) is 5.06. The van der Waals surface area contributed by atoms with Gasteiger partial charge in [0.15, 0.2) is 0 Å². The average Bonchev–Trinajstić information content (AvgIpc) is 2.82. The van der Waals surface area contributed by atoms with Gasteiger partial charge in [0.05, 0.1) is 16.8 Å². The van der Waals surface area contributed by atoms with Crippen molar-refractivity contribution in [3.8, 4) is 0 Å². The van der Waals surface area contributed by atoms with Gasteiger partial charge in [0.2, 0.25) is 5.91 Å². The first-order valence-corrected chi connectivity index (χ1v) is 8.84. The van der Waals surface area contributed by atoms with Gasteiger partial charge in [-0.2, -0.15) is 0 Å². The Bertz CT molecular complexity index is 876. The Labute approximate surface area is 142 Å².